The molecule has 1 amide bonds. The number of aromatic amines is 1. The number of aromatic nitrogens is 3. The van der Waals surface area contributed by atoms with Crippen LogP contribution in [0.4, 0.5) is 5.69 Å². The van der Waals surface area contributed by atoms with Crippen LogP contribution >= 0.6 is 0 Å². The van der Waals surface area contributed by atoms with Gasteiger partial charge in [-0.3, -0.25) is 4.79 Å². The first-order valence-corrected chi connectivity index (χ1v) is 10.3. The molecule has 0 aliphatic rings. The second kappa shape index (κ2) is 8.50. The van der Waals surface area contributed by atoms with Crippen LogP contribution in [0, 0.1) is 0 Å². The second-order valence-electron chi connectivity index (χ2n) is 8.49. The summed E-state index contributed by atoms with van der Waals surface area (Å²) < 4.78 is 21.7. The van der Waals surface area contributed by atoms with Crippen LogP contribution < -0.4 is 19.5 Å². The minimum absolute atomic E-state index is 0.228. The molecular formula is C24H26N4O5. The summed E-state index contributed by atoms with van der Waals surface area (Å²) in [5, 5.41) is 7.64. The third-order valence-electron chi connectivity index (χ3n) is 5.15. The molecule has 0 saturated heterocycles. The van der Waals surface area contributed by atoms with Gasteiger partial charge in [-0.2, -0.15) is 4.98 Å². The molecule has 0 bridgehead atoms. The van der Waals surface area contributed by atoms with E-state index in [0.29, 0.717) is 51.2 Å². The van der Waals surface area contributed by atoms with Gasteiger partial charge in [0, 0.05) is 28.1 Å². The number of fused-ring (bicyclic) bond motifs is 1. The molecule has 0 spiro atoms. The van der Waals surface area contributed by atoms with Crippen LogP contribution in [0.25, 0.3) is 22.3 Å². The summed E-state index contributed by atoms with van der Waals surface area (Å²) in [5.74, 6) is 2.32. The minimum Gasteiger partial charge on any atom is -0.496 e. The summed E-state index contributed by atoms with van der Waals surface area (Å²) in [7, 11) is 4.64. The largest absolute Gasteiger partial charge is 0.496 e. The van der Waals surface area contributed by atoms with Crippen molar-refractivity contribution in [2.75, 3.05) is 26.6 Å². The van der Waals surface area contributed by atoms with Crippen LogP contribution in [0.2, 0.25) is 0 Å². The molecule has 0 unspecified atom stereocenters. The molecule has 0 aliphatic heterocycles. The standard InChI is InChI=1S/C24H26N4O5/c1-24(2,3)23-27-21(28-33-23)13-7-9-14(10-8-13)25-22(29)16-11-15-17(30-4)12-18(31-5)20(32-6)19(15)26-16/h7-12,26H,1-6H3,(H,25,29). The first-order chi connectivity index (χ1) is 15.7. The van der Waals surface area contributed by atoms with Crippen molar-refractivity contribution in [1.82, 2.24) is 15.1 Å². The third-order valence-corrected chi connectivity index (χ3v) is 5.15. The van der Waals surface area contributed by atoms with Crippen LogP contribution in [-0.4, -0.2) is 42.4 Å². The lowest BCUT2D eigenvalue weighted by Gasteiger charge is -2.11. The van der Waals surface area contributed by atoms with Crippen molar-refractivity contribution in [3.05, 3.63) is 48.0 Å². The molecule has 4 rings (SSSR count). The fourth-order valence-corrected chi connectivity index (χ4v) is 3.41. The Morgan fingerprint density at radius 3 is 2.27 bits per heavy atom. The van der Waals surface area contributed by atoms with Crippen LogP contribution in [0.3, 0.4) is 0 Å². The summed E-state index contributed by atoms with van der Waals surface area (Å²) in [6.45, 7) is 6.02. The highest BCUT2D eigenvalue weighted by Gasteiger charge is 2.22. The first kappa shape index (κ1) is 22.2. The summed E-state index contributed by atoms with van der Waals surface area (Å²) in [4.78, 5) is 20.5. The Morgan fingerprint density at radius 2 is 1.70 bits per heavy atom. The van der Waals surface area contributed by atoms with Gasteiger partial charge in [0.2, 0.25) is 11.7 Å². The van der Waals surface area contributed by atoms with E-state index in [0.717, 1.165) is 5.56 Å². The molecule has 0 fully saturated rings. The number of benzene rings is 2. The SMILES string of the molecule is COc1cc(OC)c2cc(C(=O)Nc3ccc(-c4noc(C(C)(C)C)n4)cc3)[nH]c2c1OC. The van der Waals surface area contributed by atoms with Crippen LogP contribution in [0.15, 0.2) is 40.9 Å². The van der Waals surface area contributed by atoms with E-state index >= 15 is 0 Å². The minimum atomic E-state index is -0.309. The van der Waals surface area contributed by atoms with E-state index in [1.807, 2.05) is 32.9 Å². The van der Waals surface area contributed by atoms with Crippen molar-refractivity contribution in [3.63, 3.8) is 0 Å². The van der Waals surface area contributed by atoms with Crippen molar-refractivity contribution < 1.29 is 23.5 Å². The molecule has 172 valence electrons. The fourth-order valence-electron chi connectivity index (χ4n) is 3.41. The average Bonchev–Trinajstić information content (AvgIpc) is 3.46. The van der Waals surface area contributed by atoms with Gasteiger partial charge in [0.05, 0.1) is 26.8 Å². The number of H-pyrrole nitrogens is 1. The maximum absolute atomic E-state index is 12.9. The zero-order chi connectivity index (χ0) is 23.8. The fraction of sp³-hybridized carbons (Fsp3) is 0.292. The van der Waals surface area contributed by atoms with Crippen molar-refractivity contribution in [3.8, 4) is 28.6 Å². The highest BCUT2D eigenvalue weighted by atomic mass is 16.5. The number of carbonyl (C=O) groups excluding carboxylic acids is 1. The summed E-state index contributed by atoms with van der Waals surface area (Å²) in [6, 6.07) is 10.7. The van der Waals surface area contributed by atoms with E-state index in [1.54, 1.807) is 45.6 Å². The smallest absolute Gasteiger partial charge is 0.272 e. The van der Waals surface area contributed by atoms with Crippen LogP contribution in [0.5, 0.6) is 17.2 Å². The molecule has 2 aromatic heterocycles. The lowest BCUT2D eigenvalue weighted by molar-refractivity contribution is 0.102. The molecule has 9 heteroatoms. The molecule has 4 aromatic rings. The zero-order valence-electron chi connectivity index (χ0n) is 19.4. The molecule has 2 N–H and O–H groups in total. The topological polar surface area (TPSA) is 112 Å². The lowest BCUT2D eigenvalue weighted by Crippen LogP contribution is -2.12. The quantitative estimate of drug-likeness (QED) is 0.434. The number of nitrogens with zero attached hydrogens (tertiary/aromatic N) is 2. The number of ether oxygens (including phenoxy) is 3. The lowest BCUT2D eigenvalue weighted by atomic mass is 9.97. The summed E-state index contributed by atoms with van der Waals surface area (Å²) >= 11 is 0. The number of carbonyl (C=O) groups is 1. The molecular weight excluding hydrogens is 424 g/mol. The van der Waals surface area contributed by atoms with E-state index in [2.05, 4.69) is 20.4 Å². The molecule has 0 aliphatic carbocycles. The Kier molecular flexibility index (Phi) is 5.71. The van der Waals surface area contributed by atoms with E-state index < -0.39 is 0 Å². The number of hydrogen-bond acceptors (Lipinski definition) is 7. The van der Waals surface area contributed by atoms with Crippen LogP contribution in [0.1, 0.15) is 37.2 Å². The summed E-state index contributed by atoms with van der Waals surface area (Å²) in [6.07, 6.45) is 0. The molecule has 0 radical (unpaired) electrons. The Hall–Kier alpha value is -4.01. The molecule has 2 aromatic carbocycles. The van der Waals surface area contributed by atoms with Gasteiger partial charge in [0.25, 0.3) is 5.91 Å². The van der Waals surface area contributed by atoms with Gasteiger partial charge < -0.3 is 29.0 Å². The van der Waals surface area contributed by atoms with Gasteiger partial charge >= 0.3 is 0 Å². The van der Waals surface area contributed by atoms with Gasteiger partial charge in [0.15, 0.2) is 11.5 Å². The predicted molar refractivity (Wildman–Crippen MR) is 124 cm³/mol. The maximum Gasteiger partial charge on any atom is 0.272 e. The van der Waals surface area contributed by atoms with E-state index in [4.69, 9.17) is 18.7 Å². The second-order valence-corrected chi connectivity index (χ2v) is 8.49. The van der Waals surface area contributed by atoms with Gasteiger partial charge in [-0.05, 0) is 30.3 Å². The maximum atomic E-state index is 12.9. The monoisotopic (exact) mass is 450 g/mol. The highest BCUT2D eigenvalue weighted by Crippen LogP contribution is 2.41. The Labute approximate surface area is 191 Å². The number of hydrogen-bond donors (Lipinski definition) is 2. The first-order valence-electron chi connectivity index (χ1n) is 10.3. The van der Waals surface area contributed by atoms with Crippen molar-refractivity contribution in [2.24, 2.45) is 0 Å². The van der Waals surface area contributed by atoms with Crippen molar-refractivity contribution in [2.45, 2.75) is 26.2 Å². The summed E-state index contributed by atoms with van der Waals surface area (Å²) in [5.41, 5.74) is 2.15. The van der Waals surface area contributed by atoms with E-state index in [9.17, 15) is 4.79 Å². The molecule has 0 atom stereocenters. The van der Waals surface area contributed by atoms with Gasteiger partial charge in [0.1, 0.15) is 11.4 Å². The zero-order valence-corrected chi connectivity index (χ0v) is 19.4. The van der Waals surface area contributed by atoms with Gasteiger partial charge in [-0.15, -0.1) is 0 Å². The number of rotatable bonds is 6. The highest BCUT2D eigenvalue weighted by molar-refractivity contribution is 6.08. The van der Waals surface area contributed by atoms with Crippen molar-refractivity contribution in [1.29, 1.82) is 0 Å². The number of nitrogens with one attached hydrogen (secondary N) is 2. The molecule has 9 nitrogen and oxygen atoms in total. The molecule has 2 heterocycles. The van der Waals surface area contributed by atoms with E-state index in [1.165, 1.54) is 0 Å². The normalized spacial score (nSPS) is 11.5. The molecule has 0 saturated carbocycles. The predicted octanol–water partition coefficient (Wildman–Crippen LogP) is 4.79. The number of methoxy groups -OCH3 is 3. The van der Waals surface area contributed by atoms with E-state index in [-0.39, 0.29) is 11.3 Å². The van der Waals surface area contributed by atoms with Crippen LogP contribution in [-0.2, 0) is 5.41 Å². The third kappa shape index (κ3) is 4.21. The van der Waals surface area contributed by atoms with Gasteiger partial charge in [-0.25, -0.2) is 0 Å². The number of anilines is 1. The Balaban J connectivity index is 1.58. The van der Waals surface area contributed by atoms with Crippen molar-refractivity contribution >= 4 is 22.5 Å². The molecule has 33 heavy (non-hydrogen) atoms. The van der Waals surface area contributed by atoms with Gasteiger partial charge in [-0.1, -0.05) is 25.9 Å². The number of amides is 1. The Morgan fingerprint density at radius 1 is 1.00 bits per heavy atom. The average molecular weight is 450 g/mol. The Bertz CT molecular complexity index is 1300.